The number of hydrogen-bond acceptors (Lipinski definition) is 5. The zero-order valence-electron chi connectivity index (χ0n) is 16.5. The molecule has 28 heavy (non-hydrogen) atoms. The van der Waals surface area contributed by atoms with Gasteiger partial charge in [-0.3, -0.25) is 4.79 Å². The second-order valence-corrected chi connectivity index (χ2v) is 6.66. The first-order valence-corrected chi connectivity index (χ1v) is 9.06. The maximum absolute atomic E-state index is 12.5. The molecular formula is C22H24N4O2. The van der Waals surface area contributed by atoms with Crippen LogP contribution in [0.5, 0.6) is 5.75 Å². The number of aryl methyl sites for hydroxylation is 3. The van der Waals surface area contributed by atoms with E-state index >= 15 is 0 Å². The van der Waals surface area contributed by atoms with Gasteiger partial charge < -0.3 is 15.4 Å². The fourth-order valence-electron chi connectivity index (χ4n) is 3.15. The third-order valence-electron chi connectivity index (χ3n) is 4.43. The van der Waals surface area contributed by atoms with E-state index in [0.717, 1.165) is 28.1 Å². The summed E-state index contributed by atoms with van der Waals surface area (Å²) in [6.07, 6.45) is 1.58. The van der Waals surface area contributed by atoms with E-state index in [9.17, 15) is 4.79 Å². The first-order valence-electron chi connectivity index (χ1n) is 9.06. The Kier molecular flexibility index (Phi) is 5.89. The van der Waals surface area contributed by atoms with Gasteiger partial charge in [-0.2, -0.15) is 0 Å². The lowest BCUT2D eigenvalue weighted by Gasteiger charge is -2.13. The largest absolute Gasteiger partial charge is 0.496 e. The number of benzene rings is 2. The summed E-state index contributed by atoms with van der Waals surface area (Å²) < 4.78 is 5.31. The molecule has 0 atom stereocenters. The zero-order chi connectivity index (χ0) is 20.1. The molecule has 3 aromatic rings. The van der Waals surface area contributed by atoms with E-state index in [1.807, 2.05) is 38.1 Å². The summed E-state index contributed by atoms with van der Waals surface area (Å²) in [6, 6.07) is 13.4. The highest BCUT2D eigenvalue weighted by Gasteiger charge is 2.12. The summed E-state index contributed by atoms with van der Waals surface area (Å²) in [7, 11) is 1.61. The van der Waals surface area contributed by atoms with E-state index in [2.05, 4.69) is 39.7 Å². The zero-order valence-corrected chi connectivity index (χ0v) is 16.5. The van der Waals surface area contributed by atoms with Crippen LogP contribution in [0.15, 0.2) is 48.7 Å². The van der Waals surface area contributed by atoms with Gasteiger partial charge in [-0.1, -0.05) is 35.9 Å². The number of aromatic nitrogens is 2. The lowest BCUT2D eigenvalue weighted by Crippen LogP contribution is -2.24. The van der Waals surface area contributed by atoms with Crippen molar-refractivity contribution in [2.24, 2.45) is 0 Å². The number of hydrogen-bond donors (Lipinski definition) is 2. The summed E-state index contributed by atoms with van der Waals surface area (Å²) >= 11 is 0. The molecule has 6 nitrogen and oxygen atoms in total. The Morgan fingerprint density at radius 2 is 1.79 bits per heavy atom. The molecule has 0 radical (unpaired) electrons. The Bertz CT molecular complexity index is 978. The minimum absolute atomic E-state index is 0.270. The van der Waals surface area contributed by atoms with Crippen molar-refractivity contribution in [3.63, 3.8) is 0 Å². The average Bonchev–Trinajstić information content (AvgIpc) is 2.69. The van der Waals surface area contributed by atoms with Gasteiger partial charge in [0.15, 0.2) is 0 Å². The minimum Gasteiger partial charge on any atom is -0.496 e. The molecule has 0 aliphatic rings. The number of nitrogens with zero attached hydrogens (tertiary/aromatic N) is 2. The van der Waals surface area contributed by atoms with Gasteiger partial charge in [0.05, 0.1) is 7.11 Å². The highest BCUT2D eigenvalue weighted by atomic mass is 16.5. The van der Waals surface area contributed by atoms with Gasteiger partial charge in [0.2, 0.25) is 5.95 Å². The van der Waals surface area contributed by atoms with Gasteiger partial charge in [-0.25, -0.2) is 9.97 Å². The molecule has 0 aliphatic heterocycles. The Morgan fingerprint density at radius 1 is 1.07 bits per heavy atom. The third-order valence-corrected chi connectivity index (χ3v) is 4.43. The monoisotopic (exact) mass is 376 g/mol. The Morgan fingerprint density at radius 3 is 2.50 bits per heavy atom. The number of para-hydroxylation sites is 1. The van der Waals surface area contributed by atoms with Gasteiger partial charge in [0.25, 0.3) is 5.91 Å². The van der Waals surface area contributed by atoms with Crippen molar-refractivity contribution in [2.75, 3.05) is 12.4 Å². The van der Waals surface area contributed by atoms with Gasteiger partial charge >= 0.3 is 0 Å². The molecule has 1 heterocycles. The fourth-order valence-corrected chi connectivity index (χ4v) is 3.15. The van der Waals surface area contributed by atoms with Crippen molar-refractivity contribution in [3.05, 3.63) is 76.6 Å². The quantitative estimate of drug-likeness (QED) is 0.678. The van der Waals surface area contributed by atoms with E-state index in [1.54, 1.807) is 19.4 Å². The maximum atomic E-state index is 12.5. The summed E-state index contributed by atoms with van der Waals surface area (Å²) in [5, 5.41) is 6.11. The molecule has 0 fully saturated rings. The molecule has 2 N–H and O–H groups in total. The number of amides is 1. The molecule has 0 aliphatic carbocycles. The van der Waals surface area contributed by atoms with Crippen LogP contribution in [0.3, 0.4) is 0 Å². The maximum Gasteiger partial charge on any atom is 0.270 e. The topological polar surface area (TPSA) is 76.1 Å². The van der Waals surface area contributed by atoms with Crippen LogP contribution in [-0.2, 0) is 6.54 Å². The molecule has 1 amide bonds. The van der Waals surface area contributed by atoms with Gasteiger partial charge in [0.1, 0.15) is 11.4 Å². The van der Waals surface area contributed by atoms with E-state index in [-0.39, 0.29) is 5.91 Å². The molecule has 2 aromatic carbocycles. The predicted octanol–water partition coefficient (Wildman–Crippen LogP) is 4.08. The molecule has 144 valence electrons. The van der Waals surface area contributed by atoms with E-state index in [1.165, 1.54) is 5.56 Å². The Labute approximate surface area is 165 Å². The third kappa shape index (κ3) is 4.46. The first kappa shape index (κ1) is 19.4. The number of rotatable bonds is 6. The number of anilines is 2. The standard InChI is InChI=1S/C22H24N4O2/c1-14-11-15(2)20(16(3)12-14)26-22-23-10-9-18(25-22)21(27)24-13-17-7-5-6-8-19(17)28-4/h5-12H,13H2,1-4H3,(H,24,27)(H,23,25,26). The number of carbonyl (C=O) groups is 1. The van der Waals surface area contributed by atoms with Crippen molar-refractivity contribution >= 4 is 17.5 Å². The molecule has 0 saturated heterocycles. The normalized spacial score (nSPS) is 10.4. The summed E-state index contributed by atoms with van der Waals surface area (Å²) in [5.41, 5.74) is 5.56. The second kappa shape index (κ2) is 8.52. The van der Waals surface area contributed by atoms with Crippen molar-refractivity contribution in [1.29, 1.82) is 0 Å². The summed E-state index contributed by atoms with van der Waals surface area (Å²) in [4.78, 5) is 21.1. The lowest BCUT2D eigenvalue weighted by atomic mass is 10.1. The van der Waals surface area contributed by atoms with Gasteiger partial charge in [-0.15, -0.1) is 0 Å². The van der Waals surface area contributed by atoms with E-state index in [0.29, 0.717) is 18.2 Å². The van der Waals surface area contributed by atoms with Crippen molar-refractivity contribution in [1.82, 2.24) is 15.3 Å². The molecule has 0 bridgehead atoms. The molecule has 1 aromatic heterocycles. The van der Waals surface area contributed by atoms with Crippen LogP contribution >= 0.6 is 0 Å². The molecule has 0 unspecified atom stereocenters. The Hall–Kier alpha value is -3.41. The second-order valence-electron chi connectivity index (χ2n) is 6.66. The van der Waals surface area contributed by atoms with Crippen LogP contribution in [0.25, 0.3) is 0 Å². The van der Waals surface area contributed by atoms with Crippen LogP contribution in [0.4, 0.5) is 11.6 Å². The highest BCUT2D eigenvalue weighted by Crippen LogP contribution is 2.24. The average molecular weight is 376 g/mol. The first-order chi connectivity index (χ1) is 13.5. The lowest BCUT2D eigenvalue weighted by molar-refractivity contribution is 0.0945. The van der Waals surface area contributed by atoms with E-state index in [4.69, 9.17) is 4.74 Å². The number of methoxy groups -OCH3 is 1. The molecule has 3 rings (SSSR count). The van der Waals surface area contributed by atoms with Gasteiger partial charge in [-0.05, 0) is 44.0 Å². The van der Waals surface area contributed by atoms with E-state index < -0.39 is 0 Å². The molecular weight excluding hydrogens is 352 g/mol. The van der Waals surface area contributed by atoms with Crippen LogP contribution in [0.1, 0.15) is 32.7 Å². The predicted molar refractivity (Wildman–Crippen MR) is 110 cm³/mol. The van der Waals surface area contributed by atoms with Crippen molar-refractivity contribution in [3.8, 4) is 5.75 Å². The van der Waals surface area contributed by atoms with Crippen LogP contribution in [0, 0.1) is 20.8 Å². The van der Waals surface area contributed by atoms with Crippen LogP contribution in [-0.4, -0.2) is 23.0 Å². The summed E-state index contributed by atoms with van der Waals surface area (Å²) in [6.45, 7) is 6.48. The highest BCUT2D eigenvalue weighted by molar-refractivity contribution is 5.92. The number of carbonyl (C=O) groups excluding carboxylic acids is 1. The summed E-state index contributed by atoms with van der Waals surface area (Å²) in [5.74, 6) is 0.854. The molecule has 6 heteroatoms. The number of nitrogens with one attached hydrogen (secondary N) is 2. The van der Waals surface area contributed by atoms with Crippen LogP contribution < -0.4 is 15.4 Å². The number of ether oxygens (including phenoxy) is 1. The smallest absolute Gasteiger partial charge is 0.270 e. The molecule has 0 saturated carbocycles. The fraction of sp³-hybridized carbons (Fsp3) is 0.227. The molecule has 0 spiro atoms. The van der Waals surface area contributed by atoms with Gasteiger partial charge in [0, 0.05) is 24.0 Å². The van der Waals surface area contributed by atoms with Crippen molar-refractivity contribution in [2.45, 2.75) is 27.3 Å². The van der Waals surface area contributed by atoms with Crippen molar-refractivity contribution < 1.29 is 9.53 Å². The minimum atomic E-state index is -0.270. The van der Waals surface area contributed by atoms with Crippen LogP contribution in [0.2, 0.25) is 0 Å². The Balaban J connectivity index is 1.73. The SMILES string of the molecule is COc1ccccc1CNC(=O)c1ccnc(Nc2c(C)cc(C)cc2C)n1.